The molecule has 1 aliphatic heterocycles. The van der Waals surface area contributed by atoms with Crippen LogP contribution in [0, 0.1) is 0 Å². The second-order valence-corrected chi connectivity index (χ2v) is 5.68. The van der Waals surface area contributed by atoms with Crippen molar-refractivity contribution in [2.24, 2.45) is 4.99 Å². The molecule has 0 radical (unpaired) electrons. The van der Waals surface area contributed by atoms with E-state index >= 15 is 0 Å². The zero-order valence-electron chi connectivity index (χ0n) is 11.0. The molecule has 1 aliphatic carbocycles. The Bertz CT molecular complexity index is 408. The summed E-state index contributed by atoms with van der Waals surface area (Å²) < 4.78 is 0. The van der Waals surface area contributed by atoms with Crippen molar-refractivity contribution < 1.29 is 0 Å². The molecule has 96 valence electrons. The summed E-state index contributed by atoms with van der Waals surface area (Å²) >= 11 is 0. The van der Waals surface area contributed by atoms with Gasteiger partial charge in [-0.25, -0.2) is 0 Å². The summed E-state index contributed by atoms with van der Waals surface area (Å²) in [6, 6.07) is 10.8. The topological polar surface area (TPSA) is 24.4 Å². The third kappa shape index (κ3) is 2.58. The summed E-state index contributed by atoms with van der Waals surface area (Å²) in [6.07, 6.45) is 8.70. The summed E-state index contributed by atoms with van der Waals surface area (Å²) in [4.78, 5) is 5.11. The van der Waals surface area contributed by atoms with Crippen LogP contribution in [0.1, 0.15) is 44.1 Å². The maximum atomic E-state index is 5.11. The lowest BCUT2D eigenvalue weighted by atomic mass is 9.89. The molecule has 1 heterocycles. The Morgan fingerprint density at radius 2 is 1.83 bits per heavy atom. The molecule has 1 aromatic carbocycles. The van der Waals surface area contributed by atoms with Crippen LogP contribution in [0.5, 0.6) is 0 Å². The van der Waals surface area contributed by atoms with E-state index in [2.05, 4.69) is 35.6 Å². The van der Waals surface area contributed by atoms with Crippen molar-refractivity contribution in [1.29, 1.82) is 0 Å². The van der Waals surface area contributed by atoms with Gasteiger partial charge in [0, 0.05) is 13.0 Å². The van der Waals surface area contributed by atoms with E-state index in [1.807, 2.05) is 0 Å². The molecule has 0 unspecified atom stereocenters. The van der Waals surface area contributed by atoms with Gasteiger partial charge in [0.2, 0.25) is 0 Å². The zero-order chi connectivity index (χ0) is 12.3. The van der Waals surface area contributed by atoms with Crippen molar-refractivity contribution in [2.45, 2.75) is 50.5 Å². The second-order valence-electron chi connectivity index (χ2n) is 5.68. The largest absolute Gasteiger partial charge is 0.374 e. The Hall–Kier alpha value is -1.31. The molecule has 1 N–H and O–H groups in total. The van der Waals surface area contributed by atoms with Crippen molar-refractivity contribution in [3.63, 3.8) is 0 Å². The van der Waals surface area contributed by atoms with Gasteiger partial charge in [0.25, 0.3) is 0 Å². The summed E-state index contributed by atoms with van der Waals surface area (Å²) in [5.41, 5.74) is 1.62. The van der Waals surface area contributed by atoms with Gasteiger partial charge in [0.05, 0.1) is 11.4 Å². The van der Waals surface area contributed by atoms with E-state index in [0.29, 0.717) is 0 Å². The summed E-state index contributed by atoms with van der Waals surface area (Å²) in [6.45, 7) is 1.11. The van der Waals surface area contributed by atoms with E-state index in [0.717, 1.165) is 19.4 Å². The number of hydrogen-bond acceptors (Lipinski definition) is 1. The summed E-state index contributed by atoms with van der Waals surface area (Å²) in [5.74, 6) is 1.26. The van der Waals surface area contributed by atoms with Crippen molar-refractivity contribution >= 4 is 5.84 Å². The fourth-order valence-electron chi connectivity index (χ4n) is 3.30. The molecule has 0 spiro atoms. The fraction of sp³-hybridized carbons (Fsp3) is 0.562. The molecule has 2 fully saturated rings. The van der Waals surface area contributed by atoms with E-state index in [9.17, 15) is 0 Å². The van der Waals surface area contributed by atoms with Crippen LogP contribution in [0.25, 0.3) is 0 Å². The third-order valence-corrected chi connectivity index (χ3v) is 4.20. The van der Waals surface area contributed by atoms with E-state index in [1.165, 1.54) is 43.5 Å². The van der Waals surface area contributed by atoms with Gasteiger partial charge in [0.15, 0.2) is 0 Å². The van der Waals surface area contributed by atoms with Gasteiger partial charge in [-0.15, -0.1) is 0 Å². The first-order valence-corrected chi connectivity index (χ1v) is 7.23. The number of nitrogens with zero attached hydrogens (tertiary/aromatic N) is 1. The summed E-state index contributed by atoms with van der Waals surface area (Å²) in [5, 5.41) is 3.44. The number of hydrogen-bond donors (Lipinski definition) is 1. The molecular formula is C16H22N2. The number of rotatable bonds is 3. The van der Waals surface area contributed by atoms with Gasteiger partial charge in [-0.1, -0.05) is 43.2 Å². The van der Waals surface area contributed by atoms with E-state index in [1.54, 1.807) is 0 Å². The van der Waals surface area contributed by atoms with Crippen LogP contribution in [0.3, 0.4) is 0 Å². The van der Waals surface area contributed by atoms with Gasteiger partial charge >= 0.3 is 0 Å². The van der Waals surface area contributed by atoms with Crippen LogP contribution in [-0.2, 0) is 6.42 Å². The lowest BCUT2D eigenvalue weighted by molar-refractivity contribution is 0.438. The van der Waals surface area contributed by atoms with Crippen LogP contribution >= 0.6 is 0 Å². The highest BCUT2D eigenvalue weighted by molar-refractivity contribution is 5.84. The molecule has 0 amide bonds. The van der Waals surface area contributed by atoms with Gasteiger partial charge in [-0.2, -0.15) is 0 Å². The Balaban J connectivity index is 1.80. The molecule has 2 heteroatoms. The number of aliphatic imine (C=N–C) groups is 1. The number of benzene rings is 1. The minimum atomic E-state index is 0.189. The second kappa shape index (κ2) is 5.13. The molecule has 1 aromatic rings. The highest BCUT2D eigenvalue weighted by Crippen LogP contribution is 2.36. The van der Waals surface area contributed by atoms with Crippen molar-refractivity contribution in [3.05, 3.63) is 35.9 Å². The molecule has 1 saturated carbocycles. The monoisotopic (exact) mass is 242 g/mol. The Morgan fingerprint density at radius 3 is 2.50 bits per heavy atom. The van der Waals surface area contributed by atoms with Gasteiger partial charge in [-0.05, 0) is 31.2 Å². The Labute approximate surface area is 110 Å². The number of nitrogens with one attached hydrogen (secondary N) is 1. The zero-order valence-corrected chi connectivity index (χ0v) is 11.0. The van der Waals surface area contributed by atoms with Crippen LogP contribution < -0.4 is 5.32 Å². The minimum Gasteiger partial charge on any atom is -0.374 e. The summed E-state index contributed by atoms with van der Waals surface area (Å²) in [7, 11) is 0. The Morgan fingerprint density at radius 1 is 1.06 bits per heavy atom. The molecule has 3 rings (SSSR count). The van der Waals surface area contributed by atoms with E-state index < -0.39 is 0 Å². The lowest BCUT2D eigenvalue weighted by Gasteiger charge is -2.25. The first-order valence-electron chi connectivity index (χ1n) is 7.23. The van der Waals surface area contributed by atoms with Crippen LogP contribution in [0.4, 0.5) is 0 Å². The van der Waals surface area contributed by atoms with Crippen LogP contribution in [-0.4, -0.2) is 17.9 Å². The molecular weight excluding hydrogens is 220 g/mol. The third-order valence-electron chi connectivity index (χ3n) is 4.20. The predicted octanol–water partition coefficient (Wildman–Crippen LogP) is 3.32. The van der Waals surface area contributed by atoms with E-state index in [-0.39, 0.29) is 5.54 Å². The van der Waals surface area contributed by atoms with Gasteiger partial charge < -0.3 is 5.32 Å². The average molecular weight is 242 g/mol. The Kier molecular flexibility index (Phi) is 3.35. The maximum Gasteiger partial charge on any atom is 0.0970 e. The smallest absolute Gasteiger partial charge is 0.0970 e. The van der Waals surface area contributed by atoms with Crippen molar-refractivity contribution in [1.82, 2.24) is 5.32 Å². The predicted molar refractivity (Wildman–Crippen MR) is 76.0 cm³/mol. The first kappa shape index (κ1) is 11.8. The first-order chi connectivity index (χ1) is 8.86. The SMILES string of the molecule is c1ccc(CC2(/N=C3/CCCN3)CCCC2)cc1. The quantitative estimate of drug-likeness (QED) is 0.864. The number of amidine groups is 1. The van der Waals surface area contributed by atoms with Gasteiger partial charge in [-0.3, -0.25) is 4.99 Å². The van der Waals surface area contributed by atoms with Crippen molar-refractivity contribution in [2.75, 3.05) is 6.54 Å². The molecule has 0 bridgehead atoms. The lowest BCUT2D eigenvalue weighted by Crippen LogP contribution is -2.29. The van der Waals surface area contributed by atoms with Gasteiger partial charge in [0.1, 0.15) is 0 Å². The molecule has 0 atom stereocenters. The molecule has 2 aliphatic rings. The molecule has 1 saturated heterocycles. The molecule has 18 heavy (non-hydrogen) atoms. The molecule has 0 aromatic heterocycles. The highest BCUT2D eigenvalue weighted by atomic mass is 15.0. The average Bonchev–Trinajstić information content (AvgIpc) is 3.03. The standard InChI is InChI=1S/C16H22N2/c1-2-7-14(8-3-1)13-16(10-4-5-11-16)18-15-9-6-12-17-15/h1-3,7-8H,4-6,9-13H2,(H,17,18). The van der Waals surface area contributed by atoms with Crippen LogP contribution in [0.15, 0.2) is 35.3 Å². The van der Waals surface area contributed by atoms with Crippen LogP contribution in [0.2, 0.25) is 0 Å². The minimum absolute atomic E-state index is 0.189. The van der Waals surface area contributed by atoms with E-state index in [4.69, 9.17) is 4.99 Å². The maximum absolute atomic E-state index is 5.11. The van der Waals surface area contributed by atoms with Crippen molar-refractivity contribution in [3.8, 4) is 0 Å². The highest BCUT2D eigenvalue weighted by Gasteiger charge is 2.34. The fourth-order valence-corrected chi connectivity index (χ4v) is 3.30. The molecule has 2 nitrogen and oxygen atoms in total. The normalized spacial score (nSPS) is 24.3.